The Morgan fingerprint density at radius 1 is 1.54 bits per heavy atom. The van der Waals surface area contributed by atoms with Crippen LogP contribution in [0.25, 0.3) is 0 Å². The van der Waals surface area contributed by atoms with Crippen LogP contribution in [0.3, 0.4) is 0 Å². The first kappa shape index (κ1) is 10.5. The average molecular weight is 185 g/mol. The zero-order valence-electron chi connectivity index (χ0n) is 8.63. The van der Waals surface area contributed by atoms with Crippen molar-refractivity contribution in [2.24, 2.45) is 16.6 Å². The number of nitrogens with two attached hydrogens (primary N) is 1. The van der Waals surface area contributed by atoms with Gasteiger partial charge >= 0.3 is 5.97 Å². The molecule has 0 aromatic heterocycles. The Bertz CT molecular complexity index is 211. The standard InChI is InChI=1S/C10H19NO2/c1-9(2,3)6-10(8(12)13)4-7(11)5-10/h7H,4-6,11H2,1-3H3,(H,12,13). The van der Waals surface area contributed by atoms with Crippen molar-refractivity contribution in [2.45, 2.75) is 46.1 Å². The van der Waals surface area contributed by atoms with Crippen LogP contribution in [0.15, 0.2) is 0 Å². The van der Waals surface area contributed by atoms with Gasteiger partial charge < -0.3 is 10.8 Å². The summed E-state index contributed by atoms with van der Waals surface area (Å²) < 4.78 is 0. The quantitative estimate of drug-likeness (QED) is 0.687. The molecule has 76 valence electrons. The van der Waals surface area contributed by atoms with Crippen LogP contribution in [0.5, 0.6) is 0 Å². The van der Waals surface area contributed by atoms with E-state index in [0.29, 0.717) is 12.8 Å². The maximum atomic E-state index is 11.1. The third-order valence-corrected chi connectivity index (χ3v) is 2.63. The van der Waals surface area contributed by atoms with Crippen molar-refractivity contribution in [2.75, 3.05) is 0 Å². The molecular formula is C10H19NO2. The van der Waals surface area contributed by atoms with E-state index in [1.165, 1.54) is 0 Å². The number of carbonyl (C=O) groups is 1. The molecule has 0 bridgehead atoms. The maximum absolute atomic E-state index is 11.1. The molecule has 0 aromatic carbocycles. The fraction of sp³-hybridized carbons (Fsp3) is 0.900. The van der Waals surface area contributed by atoms with Crippen molar-refractivity contribution in [3.05, 3.63) is 0 Å². The average Bonchev–Trinajstić information content (AvgIpc) is 1.79. The van der Waals surface area contributed by atoms with Gasteiger partial charge in [0.2, 0.25) is 0 Å². The highest BCUT2D eigenvalue weighted by atomic mass is 16.4. The summed E-state index contributed by atoms with van der Waals surface area (Å²) in [4.78, 5) is 11.1. The first-order valence-corrected chi connectivity index (χ1v) is 4.74. The molecule has 0 unspecified atom stereocenters. The summed E-state index contributed by atoms with van der Waals surface area (Å²) in [6.45, 7) is 6.21. The Morgan fingerprint density at radius 3 is 2.23 bits per heavy atom. The minimum atomic E-state index is -0.677. The fourth-order valence-electron chi connectivity index (χ4n) is 2.35. The molecule has 0 spiro atoms. The molecule has 1 rings (SSSR count). The Balaban J connectivity index is 2.66. The van der Waals surface area contributed by atoms with Crippen molar-refractivity contribution in [3.63, 3.8) is 0 Å². The molecule has 0 aliphatic heterocycles. The van der Waals surface area contributed by atoms with Gasteiger partial charge in [-0.2, -0.15) is 0 Å². The van der Waals surface area contributed by atoms with Crippen molar-refractivity contribution < 1.29 is 9.90 Å². The predicted molar refractivity (Wildman–Crippen MR) is 51.4 cm³/mol. The van der Waals surface area contributed by atoms with Gasteiger partial charge in [-0.15, -0.1) is 0 Å². The van der Waals surface area contributed by atoms with Crippen molar-refractivity contribution in [1.29, 1.82) is 0 Å². The lowest BCUT2D eigenvalue weighted by atomic mass is 9.59. The topological polar surface area (TPSA) is 63.3 Å². The van der Waals surface area contributed by atoms with Crippen molar-refractivity contribution in [1.82, 2.24) is 0 Å². The lowest BCUT2D eigenvalue weighted by molar-refractivity contribution is -0.158. The lowest BCUT2D eigenvalue weighted by Crippen LogP contribution is -2.52. The van der Waals surface area contributed by atoms with Gasteiger partial charge in [0.25, 0.3) is 0 Å². The zero-order chi connectivity index (χ0) is 10.3. The molecule has 0 heterocycles. The summed E-state index contributed by atoms with van der Waals surface area (Å²) in [5, 5.41) is 9.11. The Hall–Kier alpha value is -0.570. The number of hydrogen-bond acceptors (Lipinski definition) is 2. The molecule has 0 radical (unpaired) electrons. The van der Waals surface area contributed by atoms with E-state index < -0.39 is 11.4 Å². The SMILES string of the molecule is CC(C)(C)CC1(C(=O)O)CC(N)C1. The van der Waals surface area contributed by atoms with Gasteiger partial charge in [0, 0.05) is 6.04 Å². The van der Waals surface area contributed by atoms with E-state index in [0.717, 1.165) is 6.42 Å². The van der Waals surface area contributed by atoms with E-state index in [-0.39, 0.29) is 11.5 Å². The van der Waals surface area contributed by atoms with Crippen molar-refractivity contribution in [3.8, 4) is 0 Å². The molecule has 0 aromatic rings. The fourth-order valence-corrected chi connectivity index (χ4v) is 2.35. The van der Waals surface area contributed by atoms with E-state index in [4.69, 9.17) is 10.8 Å². The molecule has 1 aliphatic carbocycles. The Labute approximate surface area is 79.3 Å². The maximum Gasteiger partial charge on any atom is 0.309 e. The molecule has 13 heavy (non-hydrogen) atoms. The van der Waals surface area contributed by atoms with Crippen LogP contribution >= 0.6 is 0 Å². The van der Waals surface area contributed by atoms with Crippen LogP contribution in [0.1, 0.15) is 40.0 Å². The minimum absolute atomic E-state index is 0.0680. The lowest BCUT2D eigenvalue weighted by Gasteiger charge is -2.45. The van der Waals surface area contributed by atoms with Gasteiger partial charge in [-0.3, -0.25) is 4.79 Å². The van der Waals surface area contributed by atoms with Crippen LogP contribution in [-0.2, 0) is 4.79 Å². The van der Waals surface area contributed by atoms with Gasteiger partial charge in [0.05, 0.1) is 5.41 Å². The first-order chi connectivity index (χ1) is 5.75. The van der Waals surface area contributed by atoms with Crippen LogP contribution < -0.4 is 5.73 Å². The predicted octanol–water partition coefficient (Wildman–Crippen LogP) is 1.61. The number of carboxylic acids is 1. The van der Waals surface area contributed by atoms with Crippen LogP contribution in [0.2, 0.25) is 0 Å². The molecule has 3 nitrogen and oxygen atoms in total. The first-order valence-electron chi connectivity index (χ1n) is 4.74. The third-order valence-electron chi connectivity index (χ3n) is 2.63. The smallest absolute Gasteiger partial charge is 0.309 e. The highest BCUT2D eigenvalue weighted by Gasteiger charge is 2.50. The van der Waals surface area contributed by atoms with E-state index in [1.807, 2.05) is 0 Å². The molecular weight excluding hydrogens is 166 g/mol. The summed E-state index contributed by atoms with van der Waals surface area (Å²) >= 11 is 0. The van der Waals surface area contributed by atoms with Crippen LogP contribution in [0, 0.1) is 10.8 Å². The van der Waals surface area contributed by atoms with Crippen molar-refractivity contribution >= 4 is 5.97 Å². The van der Waals surface area contributed by atoms with Gasteiger partial charge in [0.1, 0.15) is 0 Å². The molecule has 0 saturated heterocycles. The molecule has 3 N–H and O–H groups in total. The normalized spacial score (nSPS) is 34.0. The Kier molecular flexibility index (Phi) is 2.41. The van der Waals surface area contributed by atoms with Gasteiger partial charge in [-0.1, -0.05) is 20.8 Å². The van der Waals surface area contributed by atoms with Gasteiger partial charge in [0.15, 0.2) is 0 Å². The van der Waals surface area contributed by atoms with Gasteiger partial charge in [-0.05, 0) is 24.7 Å². The number of carboxylic acid groups (broad SMARTS) is 1. The van der Waals surface area contributed by atoms with Crippen LogP contribution in [-0.4, -0.2) is 17.1 Å². The summed E-state index contributed by atoms with van der Waals surface area (Å²) in [5.41, 5.74) is 5.19. The third kappa shape index (κ3) is 2.21. The summed E-state index contributed by atoms with van der Waals surface area (Å²) in [7, 11) is 0. The molecule has 0 atom stereocenters. The highest BCUT2D eigenvalue weighted by molar-refractivity contribution is 5.76. The van der Waals surface area contributed by atoms with E-state index in [9.17, 15) is 4.79 Å². The molecule has 1 aliphatic rings. The molecule has 1 fully saturated rings. The van der Waals surface area contributed by atoms with Crippen LogP contribution in [0.4, 0.5) is 0 Å². The second kappa shape index (κ2) is 2.98. The highest BCUT2D eigenvalue weighted by Crippen LogP contribution is 2.48. The summed E-state index contributed by atoms with van der Waals surface area (Å²) in [6.07, 6.45) is 2.00. The largest absolute Gasteiger partial charge is 0.481 e. The summed E-state index contributed by atoms with van der Waals surface area (Å²) in [5.74, 6) is -0.677. The van der Waals surface area contributed by atoms with E-state index in [2.05, 4.69) is 20.8 Å². The molecule has 1 saturated carbocycles. The molecule has 0 amide bonds. The molecule has 3 heteroatoms. The van der Waals surface area contributed by atoms with E-state index in [1.54, 1.807) is 0 Å². The van der Waals surface area contributed by atoms with Gasteiger partial charge in [-0.25, -0.2) is 0 Å². The second-order valence-corrected chi connectivity index (χ2v) is 5.49. The number of aliphatic carboxylic acids is 1. The Morgan fingerprint density at radius 2 is 2.00 bits per heavy atom. The zero-order valence-corrected chi connectivity index (χ0v) is 8.63. The summed E-state index contributed by atoms with van der Waals surface area (Å²) in [6, 6.07) is 0.0958. The minimum Gasteiger partial charge on any atom is -0.481 e. The second-order valence-electron chi connectivity index (χ2n) is 5.49. The monoisotopic (exact) mass is 185 g/mol. The number of hydrogen-bond donors (Lipinski definition) is 2. The number of rotatable bonds is 2. The van der Waals surface area contributed by atoms with E-state index >= 15 is 0 Å².